The average Bonchev–Trinajstić information content (AvgIpc) is 3.54. The molecule has 0 saturated carbocycles. The first kappa shape index (κ1) is 31.6. The summed E-state index contributed by atoms with van der Waals surface area (Å²) in [6, 6.07) is 22.7. The minimum Gasteiger partial charge on any atom is -0.744 e. The highest BCUT2D eigenvalue weighted by Crippen LogP contribution is 2.46. The van der Waals surface area contributed by atoms with Gasteiger partial charge in [-0.2, -0.15) is 4.57 Å². The molecule has 6 rings (SSSR count). The van der Waals surface area contributed by atoms with Gasteiger partial charge < -0.3 is 9.45 Å². The topological polar surface area (TPSA) is 86.3 Å². The second kappa shape index (κ2) is 12.3. The van der Waals surface area contributed by atoms with E-state index in [0.29, 0.717) is 6.54 Å². The lowest BCUT2D eigenvalue weighted by Gasteiger charge is -2.23. The van der Waals surface area contributed by atoms with Gasteiger partial charge in [0, 0.05) is 36.5 Å². The number of likely N-dealkylation sites (N-methyl/N-ethyl adjacent to an activating group) is 1. The monoisotopic (exact) mass is 645 g/mol. The number of aryl methyl sites for hydroxylation is 2. The first-order chi connectivity index (χ1) is 20.8. The first-order valence-electron chi connectivity index (χ1n) is 14.2. The molecule has 3 heterocycles. The zero-order valence-corrected chi connectivity index (χ0v) is 28.0. The molecular weight excluding hydrogens is 611 g/mol. The predicted molar refractivity (Wildman–Crippen MR) is 180 cm³/mol. The molecule has 3 aromatic carbocycles. The Morgan fingerprint density at radius 2 is 1.61 bits per heavy atom. The van der Waals surface area contributed by atoms with Crippen molar-refractivity contribution in [2.75, 3.05) is 11.9 Å². The van der Waals surface area contributed by atoms with Crippen LogP contribution in [0.15, 0.2) is 94.3 Å². The van der Waals surface area contributed by atoms with Crippen molar-refractivity contribution in [2.24, 2.45) is 7.05 Å². The van der Waals surface area contributed by atoms with Crippen molar-refractivity contribution < 1.29 is 17.5 Å². The second-order valence-corrected chi connectivity index (χ2v) is 14.7. The SMILES string of the molecule is CCn1c(=O)/c(=C/C=C2/N(C)c3ccccc3C2(C)C)s/c1=C\c1sc2ccccc2[n+]1C.Cc1ccc(S(=O)(=O)[O-])cc1. The minimum absolute atomic E-state index is 0.0744. The number of anilines is 1. The molecule has 0 unspecified atom stereocenters. The van der Waals surface area contributed by atoms with Crippen molar-refractivity contribution in [1.29, 1.82) is 0 Å². The predicted octanol–water partition coefficient (Wildman–Crippen LogP) is 4.79. The summed E-state index contributed by atoms with van der Waals surface area (Å²) >= 11 is 3.31. The van der Waals surface area contributed by atoms with Gasteiger partial charge in [-0.05, 0) is 55.8 Å². The Morgan fingerprint density at radius 1 is 0.955 bits per heavy atom. The van der Waals surface area contributed by atoms with Gasteiger partial charge in [-0.1, -0.05) is 73.2 Å². The Labute approximate surface area is 265 Å². The fraction of sp³-hybridized carbons (Fsp3) is 0.235. The summed E-state index contributed by atoms with van der Waals surface area (Å²) in [6.45, 7) is 8.99. The maximum atomic E-state index is 13.2. The summed E-state index contributed by atoms with van der Waals surface area (Å²) < 4.78 is 38.2. The van der Waals surface area contributed by atoms with Gasteiger partial charge in [-0.25, -0.2) is 8.42 Å². The second-order valence-electron chi connectivity index (χ2n) is 11.2. The number of rotatable bonds is 4. The van der Waals surface area contributed by atoms with Crippen LogP contribution in [-0.4, -0.2) is 24.6 Å². The average molecular weight is 646 g/mol. The molecule has 0 saturated heterocycles. The van der Waals surface area contributed by atoms with E-state index in [0.717, 1.165) is 19.8 Å². The van der Waals surface area contributed by atoms with Crippen LogP contribution in [0.5, 0.6) is 0 Å². The number of hydrogen-bond donors (Lipinski definition) is 0. The lowest BCUT2D eigenvalue weighted by molar-refractivity contribution is -0.642. The van der Waals surface area contributed by atoms with Crippen LogP contribution in [0.25, 0.3) is 22.4 Å². The molecule has 0 amide bonds. The number of fused-ring (bicyclic) bond motifs is 2. The minimum atomic E-state index is -4.27. The molecule has 0 N–H and O–H groups in total. The Balaban J connectivity index is 0.000000296. The van der Waals surface area contributed by atoms with Crippen LogP contribution in [0.4, 0.5) is 5.69 Å². The van der Waals surface area contributed by atoms with E-state index in [9.17, 15) is 17.8 Å². The van der Waals surface area contributed by atoms with E-state index < -0.39 is 10.1 Å². The summed E-state index contributed by atoms with van der Waals surface area (Å²) in [5.74, 6) is 0. The smallest absolute Gasteiger partial charge is 0.269 e. The quantitative estimate of drug-likeness (QED) is 0.207. The van der Waals surface area contributed by atoms with Crippen LogP contribution in [0.1, 0.15) is 36.9 Å². The van der Waals surface area contributed by atoms with E-state index in [4.69, 9.17) is 0 Å². The summed E-state index contributed by atoms with van der Waals surface area (Å²) in [5.41, 5.74) is 5.84. The molecule has 1 aliphatic rings. The number of para-hydroxylation sites is 2. The van der Waals surface area contributed by atoms with Crippen molar-refractivity contribution in [3.05, 3.63) is 120 Å². The fourth-order valence-corrected chi connectivity index (χ4v) is 8.15. The molecule has 0 aliphatic carbocycles. The molecule has 44 heavy (non-hydrogen) atoms. The third-order valence-corrected chi connectivity index (χ3v) is 11.0. The molecule has 10 heteroatoms. The molecule has 1 aliphatic heterocycles. The van der Waals surface area contributed by atoms with E-state index >= 15 is 0 Å². The number of benzene rings is 3. The van der Waals surface area contributed by atoms with Crippen LogP contribution >= 0.6 is 22.7 Å². The van der Waals surface area contributed by atoms with Gasteiger partial charge >= 0.3 is 0 Å². The van der Waals surface area contributed by atoms with E-state index in [1.54, 1.807) is 34.8 Å². The van der Waals surface area contributed by atoms with Gasteiger partial charge in [-0.15, -0.1) is 11.3 Å². The zero-order valence-electron chi connectivity index (χ0n) is 25.6. The third kappa shape index (κ3) is 6.08. The van der Waals surface area contributed by atoms with Gasteiger partial charge in [0.05, 0.1) is 15.5 Å². The molecule has 0 atom stereocenters. The Kier molecular flexibility index (Phi) is 8.82. The number of nitrogens with zero attached hydrogens (tertiary/aromatic N) is 3. The summed E-state index contributed by atoms with van der Waals surface area (Å²) in [5, 5.41) is 1.14. The van der Waals surface area contributed by atoms with Gasteiger partial charge in [0.2, 0.25) is 5.52 Å². The standard InChI is InChI=1S/C27H28N3OS2.C7H8O3S/c1-6-30-25(17-24-29(5)20-13-9-10-14-21(20)32-24)33-22(26(30)31)15-16-23-27(2,3)18-11-7-8-12-19(18)28(23)4;1-6-2-4-7(5-3-6)11(8,9)10/h7-17H,6H2,1-5H3;2-5H,1H3,(H,8,9,10)/q+1;/p-1/b22-15-,23-16+;. The maximum Gasteiger partial charge on any atom is 0.269 e. The summed E-state index contributed by atoms with van der Waals surface area (Å²) in [4.78, 5) is 15.3. The molecule has 2 aromatic heterocycles. The zero-order chi connectivity index (χ0) is 31.8. The van der Waals surface area contributed by atoms with Crippen molar-refractivity contribution >= 4 is 60.8 Å². The molecule has 0 bridgehead atoms. The normalized spacial score (nSPS) is 16.0. The fourth-order valence-electron chi connectivity index (χ4n) is 5.47. The van der Waals surface area contributed by atoms with E-state index in [2.05, 4.69) is 98.1 Å². The highest BCUT2D eigenvalue weighted by atomic mass is 32.2. The first-order valence-corrected chi connectivity index (χ1v) is 17.2. The van der Waals surface area contributed by atoms with Crippen LogP contribution in [-0.2, 0) is 29.1 Å². The summed E-state index contributed by atoms with van der Waals surface area (Å²) in [6.07, 6.45) is 6.27. The summed E-state index contributed by atoms with van der Waals surface area (Å²) in [7, 11) is -0.0826. The van der Waals surface area contributed by atoms with Gasteiger partial charge in [0.1, 0.15) is 26.5 Å². The van der Waals surface area contributed by atoms with E-state index in [-0.39, 0.29) is 15.9 Å². The van der Waals surface area contributed by atoms with Crippen LogP contribution in [0.2, 0.25) is 0 Å². The highest BCUT2D eigenvalue weighted by Gasteiger charge is 2.37. The molecule has 7 nitrogen and oxygen atoms in total. The number of aromatic nitrogens is 2. The van der Waals surface area contributed by atoms with Gasteiger partial charge in [-0.3, -0.25) is 9.36 Å². The van der Waals surface area contributed by atoms with Crippen LogP contribution in [0, 0.1) is 6.92 Å². The van der Waals surface area contributed by atoms with Gasteiger partial charge in [0.15, 0.2) is 0 Å². The molecule has 0 spiro atoms. The lowest BCUT2D eigenvalue weighted by Crippen LogP contribution is -2.32. The number of thiazole rings is 2. The third-order valence-electron chi connectivity index (χ3n) is 7.91. The van der Waals surface area contributed by atoms with E-state index in [1.807, 2.05) is 24.5 Å². The van der Waals surface area contributed by atoms with Crippen LogP contribution in [0.3, 0.4) is 0 Å². The molecule has 0 radical (unpaired) electrons. The van der Waals surface area contributed by atoms with Gasteiger partial charge in [0.25, 0.3) is 10.6 Å². The van der Waals surface area contributed by atoms with Crippen molar-refractivity contribution in [1.82, 2.24) is 4.57 Å². The largest absolute Gasteiger partial charge is 0.744 e. The molecular formula is C34H35N3O4S3. The number of allylic oxidation sites excluding steroid dienone is 2. The Hall–Kier alpha value is -3.83. The maximum absolute atomic E-state index is 13.2. The Bertz CT molecular complexity index is 2170. The molecule has 5 aromatic rings. The van der Waals surface area contributed by atoms with Crippen molar-refractivity contribution in [3.8, 4) is 0 Å². The molecule has 0 fully saturated rings. The van der Waals surface area contributed by atoms with Crippen molar-refractivity contribution in [3.63, 3.8) is 0 Å². The number of hydrogen-bond acceptors (Lipinski definition) is 7. The highest BCUT2D eigenvalue weighted by molar-refractivity contribution is 7.85. The Morgan fingerprint density at radius 3 is 2.25 bits per heavy atom. The molecule has 228 valence electrons. The van der Waals surface area contributed by atoms with E-state index in [1.165, 1.54) is 39.3 Å². The van der Waals surface area contributed by atoms with Crippen molar-refractivity contribution in [2.45, 2.75) is 44.6 Å². The van der Waals surface area contributed by atoms with Crippen LogP contribution < -0.4 is 24.2 Å². The lowest BCUT2D eigenvalue weighted by atomic mass is 9.84.